The number of terminal acetylenes is 1. The van der Waals surface area contributed by atoms with Gasteiger partial charge in [0.2, 0.25) is 5.91 Å². The Balaban J connectivity index is 1.99. The van der Waals surface area contributed by atoms with Gasteiger partial charge in [0.05, 0.1) is 18.4 Å². The van der Waals surface area contributed by atoms with Gasteiger partial charge >= 0.3 is 5.97 Å². The summed E-state index contributed by atoms with van der Waals surface area (Å²) >= 11 is 0. The standard InChI is InChI=1S/C14H19NO3/c1-2-8-15(10-6-4-3-5-7-10)13(16)11-9-12(11)14(17)18/h1,10-12H,3-9H2,(H,17,18). The number of hydrogen-bond donors (Lipinski definition) is 1. The molecule has 1 amide bonds. The summed E-state index contributed by atoms with van der Waals surface area (Å²) in [6.07, 6.45) is 11.3. The number of amides is 1. The molecule has 1 N–H and O–H groups in total. The van der Waals surface area contributed by atoms with Crippen molar-refractivity contribution in [1.82, 2.24) is 4.90 Å². The Hall–Kier alpha value is -1.50. The van der Waals surface area contributed by atoms with E-state index in [2.05, 4.69) is 5.92 Å². The molecule has 2 fully saturated rings. The summed E-state index contributed by atoms with van der Waals surface area (Å²) in [5, 5.41) is 8.88. The van der Waals surface area contributed by atoms with Crippen LogP contribution in [-0.4, -0.2) is 34.5 Å². The zero-order valence-electron chi connectivity index (χ0n) is 10.5. The predicted molar refractivity (Wildman–Crippen MR) is 66.7 cm³/mol. The SMILES string of the molecule is C#CCN(C(=O)C1CC1C(=O)O)C1CCCCC1. The van der Waals surface area contributed by atoms with E-state index in [1.807, 2.05) is 0 Å². The monoisotopic (exact) mass is 249 g/mol. The molecule has 98 valence electrons. The topological polar surface area (TPSA) is 57.6 Å². The lowest BCUT2D eigenvalue weighted by molar-refractivity contribution is -0.142. The van der Waals surface area contributed by atoms with E-state index in [0.717, 1.165) is 25.7 Å². The molecule has 2 rings (SSSR count). The highest BCUT2D eigenvalue weighted by molar-refractivity contribution is 5.89. The highest BCUT2D eigenvalue weighted by Crippen LogP contribution is 2.41. The fourth-order valence-electron chi connectivity index (χ4n) is 2.83. The van der Waals surface area contributed by atoms with Gasteiger partial charge in [-0.2, -0.15) is 0 Å². The first kappa shape index (κ1) is 12.9. The van der Waals surface area contributed by atoms with Crippen molar-refractivity contribution in [2.24, 2.45) is 11.8 Å². The first-order valence-electron chi connectivity index (χ1n) is 6.62. The van der Waals surface area contributed by atoms with Crippen molar-refractivity contribution in [2.45, 2.75) is 44.6 Å². The Bertz CT molecular complexity index is 379. The van der Waals surface area contributed by atoms with E-state index >= 15 is 0 Å². The van der Waals surface area contributed by atoms with E-state index in [4.69, 9.17) is 11.5 Å². The van der Waals surface area contributed by atoms with Crippen LogP contribution in [0.2, 0.25) is 0 Å². The van der Waals surface area contributed by atoms with Crippen LogP contribution in [0.25, 0.3) is 0 Å². The molecule has 0 radical (unpaired) electrons. The summed E-state index contributed by atoms with van der Waals surface area (Å²) < 4.78 is 0. The maximum Gasteiger partial charge on any atom is 0.307 e. The van der Waals surface area contributed by atoms with E-state index in [0.29, 0.717) is 13.0 Å². The van der Waals surface area contributed by atoms with Gasteiger partial charge in [-0.25, -0.2) is 0 Å². The second-order valence-corrected chi connectivity index (χ2v) is 5.25. The summed E-state index contributed by atoms with van der Waals surface area (Å²) in [5.41, 5.74) is 0. The molecule has 4 nitrogen and oxygen atoms in total. The summed E-state index contributed by atoms with van der Waals surface area (Å²) in [7, 11) is 0. The van der Waals surface area contributed by atoms with Gasteiger partial charge in [-0.3, -0.25) is 9.59 Å². The Morgan fingerprint density at radius 2 is 1.89 bits per heavy atom. The van der Waals surface area contributed by atoms with Crippen molar-refractivity contribution >= 4 is 11.9 Å². The number of rotatable bonds is 4. The summed E-state index contributed by atoms with van der Waals surface area (Å²) in [6.45, 7) is 0.312. The minimum Gasteiger partial charge on any atom is -0.481 e. The lowest BCUT2D eigenvalue weighted by atomic mass is 9.94. The lowest BCUT2D eigenvalue weighted by Gasteiger charge is -2.33. The molecule has 2 atom stereocenters. The number of aliphatic carboxylic acids is 1. The van der Waals surface area contributed by atoms with Gasteiger partial charge in [-0.1, -0.05) is 25.2 Å². The van der Waals surface area contributed by atoms with E-state index in [1.165, 1.54) is 6.42 Å². The molecule has 0 heterocycles. The first-order valence-corrected chi connectivity index (χ1v) is 6.62. The molecule has 0 spiro atoms. The third kappa shape index (κ3) is 2.66. The third-order valence-electron chi connectivity index (χ3n) is 3.99. The Morgan fingerprint density at radius 1 is 1.22 bits per heavy atom. The van der Waals surface area contributed by atoms with E-state index in [1.54, 1.807) is 4.90 Å². The fraction of sp³-hybridized carbons (Fsp3) is 0.714. The molecule has 2 unspecified atom stereocenters. The molecular weight excluding hydrogens is 230 g/mol. The van der Waals surface area contributed by atoms with Crippen molar-refractivity contribution in [3.8, 4) is 12.3 Å². The maximum absolute atomic E-state index is 12.3. The third-order valence-corrected chi connectivity index (χ3v) is 3.99. The van der Waals surface area contributed by atoms with Crippen molar-refractivity contribution in [3.05, 3.63) is 0 Å². The van der Waals surface area contributed by atoms with Crippen LogP contribution in [0.4, 0.5) is 0 Å². The van der Waals surface area contributed by atoms with E-state index in [9.17, 15) is 9.59 Å². The molecule has 0 aromatic heterocycles. The van der Waals surface area contributed by atoms with Crippen LogP contribution in [-0.2, 0) is 9.59 Å². The zero-order chi connectivity index (χ0) is 13.1. The van der Waals surface area contributed by atoms with Gasteiger partial charge in [-0.05, 0) is 19.3 Å². The summed E-state index contributed by atoms with van der Waals surface area (Å²) in [5.74, 6) is 0.798. The van der Waals surface area contributed by atoms with Crippen molar-refractivity contribution < 1.29 is 14.7 Å². The number of nitrogens with zero attached hydrogens (tertiary/aromatic N) is 1. The molecule has 18 heavy (non-hydrogen) atoms. The molecular formula is C14H19NO3. The molecule has 4 heteroatoms. The molecule has 0 aromatic carbocycles. The van der Waals surface area contributed by atoms with Crippen molar-refractivity contribution in [1.29, 1.82) is 0 Å². The minimum atomic E-state index is -0.863. The van der Waals surface area contributed by atoms with Crippen LogP contribution in [0.15, 0.2) is 0 Å². The molecule has 2 aliphatic rings. The van der Waals surface area contributed by atoms with Crippen LogP contribution in [0.3, 0.4) is 0 Å². The smallest absolute Gasteiger partial charge is 0.307 e. The number of carboxylic acid groups (broad SMARTS) is 1. The number of carboxylic acids is 1. The summed E-state index contributed by atoms with van der Waals surface area (Å²) in [6, 6.07) is 0.220. The van der Waals surface area contributed by atoms with Crippen LogP contribution >= 0.6 is 0 Å². The largest absolute Gasteiger partial charge is 0.481 e. The Kier molecular flexibility index (Phi) is 3.90. The van der Waals surface area contributed by atoms with Gasteiger partial charge in [0, 0.05) is 6.04 Å². The van der Waals surface area contributed by atoms with Gasteiger partial charge < -0.3 is 10.0 Å². The van der Waals surface area contributed by atoms with Crippen LogP contribution in [0.1, 0.15) is 38.5 Å². The average Bonchev–Trinajstić information content (AvgIpc) is 3.16. The quantitative estimate of drug-likeness (QED) is 0.768. The average molecular weight is 249 g/mol. The molecule has 0 saturated heterocycles. The first-order chi connectivity index (χ1) is 8.65. The number of carbonyl (C=O) groups is 2. The fourth-order valence-corrected chi connectivity index (χ4v) is 2.83. The highest BCUT2D eigenvalue weighted by atomic mass is 16.4. The predicted octanol–water partition coefficient (Wildman–Crippen LogP) is 1.50. The lowest BCUT2D eigenvalue weighted by Crippen LogP contribution is -2.43. The van der Waals surface area contributed by atoms with Crippen LogP contribution in [0, 0.1) is 24.2 Å². The highest BCUT2D eigenvalue weighted by Gasteiger charge is 2.50. The van der Waals surface area contributed by atoms with Crippen molar-refractivity contribution in [2.75, 3.05) is 6.54 Å². The zero-order valence-corrected chi connectivity index (χ0v) is 10.5. The Labute approximate surface area is 107 Å². The maximum atomic E-state index is 12.3. The molecule has 0 bridgehead atoms. The Morgan fingerprint density at radius 3 is 2.39 bits per heavy atom. The minimum absolute atomic E-state index is 0.0488. The van der Waals surface area contributed by atoms with E-state index < -0.39 is 11.9 Å². The van der Waals surface area contributed by atoms with Crippen LogP contribution < -0.4 is 0 Å². The molecule has 0 aromatic rings. The van der Waals surface area contributed by atoms with Crippen LogP contribution in [0.5, 0.6) is 0 Å². The van der Waals surface area contributed by atoms with Gasteiger partial charge in [0.25, 0.3) is 0 Å². The van der Waals surface area contributed by atoms with E-state index in [-0.39, 0.29) is 17.9 Å². The molecule has 2 saturated carbocycles. The number of hydrogen-bond acceptors (Lipinski definition) is 2. The molecule has 2 aliphatic carbocycles. The number of carbonyl (C=O) groups excluding carboxylic acids is 1. The van der Waals surface area contributed by atoms with Crippen molar-refractivity contribution in [3.63, 3.8) is 0 Å². The second kappa shape index (κ2) is 5.43. The second-order valence-electron chi connectivity index (χ2n) is 5.25. The summed E-state index contributed by atoms with van der Waals surface area (Å²) in [4.78, 5) is 24.8. The van der Waals surface area contributed by atoms with Gasteiger partial charge in [0.15, 0.2) is 0 Å². The van der Waals surface area contributed by atoms with Gasteiger partial charge in [0.1, 0.15) is 0 Å². The van der Waals surface area contributed by atoms with Gasteiger partial charge in [-0.15, -0.1) is 6.42 Å². The molecule has 0 aliphatic heterocycles. The normalized spacial score (nSPS) is 27.3.